The van der Waals surface area contributed by atoms with Gasteiger partial charge in [-0.05, 0) is 6.42 Å². The summed E-state index contributed by atoms with van der Waals surface area (Å²) in [6, 6.07) is -0.0243. The van der Waals surface area contributed by atoms with E-state index in [-0.39, 0.29) is 6.04 Å². The Morgan fingerprint density at radius 3 is 3.13 bits per heavy atom. The predicted octanol–water partition coefficient (Wildman–Crippen LogP) is 1.52. The lowest BCUT2D eigenvalue weighted by atomic mass is 10.1. The van der Waals surface area contributed by atoms with Gasteiger partial charge in [0.1, 0.15) is 0 Å². The number of hydrogen-bond acceptors (Lipinski definition) is 5. The highest BCUT2D eigenvalue weighted by Gasteiger charge is 2.10. The largest absolute Gasteiger partial charge is 0.323 e. The van der Waals surface area contributed by atoms with Gasteiger partial charge < -0.3 is 5.73 Å². The van der Waals surface area contributed by atoms with Crippen molar-refractivity contribution in [2.24, 2.45) is 5.73 Å². The summed E-state index contributed by atoms with van der Waals surface area (Å²) in [4.78, 5) is 4.14. The zero-order valence-corrected chi connectivity index (χ0v) is 9.31. The standard InChI is InChI=1S/C9H13N5S/c1-2-3-7(10)8-6-14(13-12-8)9-11-4-5-15-9/h4-7H,2-3,10H2,1H3. The van der Waals surface area contributed by atoms with Crippen molar-refractivity contribution in [1.82, 2.24) is 20.0 Å². The smallest absolute Gasteiger partial charge is 0.211 e. The summed E-state index contributed by atoms with van der Waals surface area (Å²) in [5.41, 5.74) is 6.77. The maximum absolute atomic E-state index is 5.94. The summed E-state index contributed by atoms with van der Waals surface area (Å²) in [5, 5.41) is 10.8. The maximum Gasteiger partial charge on any atom is 0.211 e. The third-order valence-corrected chi connectivity index (χ3v) is 2.87. The van der Waals surface area contributed by atoms with E-state index in [0.717, 1.165) is 23.7 Å². The second-order valence-corrected chi connectivity index (χ2v) is 4.17. The molecule has 0 saturated heterocycles. The van der Waals surface area contributed by atoms with Crippen LogP contribution in [0, 0.1) is 0 Å². The Labute approximate surface area is 91.9 Å². The van der Waals surface area contributed by atoms with Gasteiger partial charge in [0.2, 0.25) is 5.13 Å². The highest BCUT2D eigenvalue weighted by molar-refractivity contribution is 7.12. The van der Waals surface area contributed by atoms with Crippen molar-refractivity contribution in [3.63, 3.8) is 0 Å². The molecule has 15 heavy (non-hydrogen) atoms. The summed E-state index contributed by atoms with van der Waals surface area (Å²) < 4.78 is 1.66. The summed E-state index contributed by atoms with van der Waals surface area (Å²) in [7, 11) is 0. The van der Waals surface area contributed by atoms with Crippen LogP contribution in [0.4, 0.5) is 0 Å². The van der Waals surface area contributed by atoms with Crippen molar-refractivity contribution in [2.75, 3.05) is 0 Å². The van der Waals surface area contributed by atoms with Crippen molar-refractivity contribution in [3.05, 3.63) is 23.5 Å². The molecule has 0 saturated carbocycles. The molecule has 1 atom stereocenters. The molecule has 0 aliphatic carbocycles. The second-order valence-electron chi connectivity index (χ2n) is 3.30. The first kappa shape index (κ1) is 10.3. The van der Waals surface area contributed by atoms with E-state index in [4.69, 9.17) is 5.73 Å². The van der Waals surface area contributed by atoms with Gasteiger partial charge in [0.25, 0.3) is 0 Å². The van der Waals surface area contributed by atoms with Gasteiger partial charge in [-0.25, -0.2) is 4.98 Å². The average Bonchev–Trinajstić information content (AvgIpc) is 2.89. The van der Waals surface area contributed by atoms with Gasteiger partial charge in [0, 0.05) is 11.6 Å². The van der Waals surface area contributed by atoms with Crippen LogP contribution in [0.15, 0.2) is 17.8 Å². The topological polar surface area (TPSA) is 69.6 Å². The summed E-state index contributed by atoms with van der Waals surface area (Å²) in [6.45, 7) is 2.10. The molecule has 80 valence electrons. The van der Waals surface area contributed by atoms with Crippen LogP contribution < -0.4 is 5.73 Å². The zero-order valence-electron chi connectivity index (χ0n) is 8.50. The van der Waals surface area contributed by atoms with Gasteiger partial charge in [-0.2, -0.15) is 4.68 Å². The van der Waals surface area contributed by atoms with Crippen LogP contribution in [-0.2, 0) is 0 Å². The fraction of sp³-hybridized carbons (Fsp3) is 0.444. The Balaban J connectivity index is 2.17. The van der Waals surface area contributed by atoms with Crippen LogP contribution in [0.1, 0.15) is 31.5 Å². The van der Waals surface area contributed by atoms with Crippen LogP contribution in [0.3, 0.4) is 0 Å². The lowest BCUT2D eigenvalue weighted by Crippen LogP contribution is -2.09. The van der Waals surface area contributed by atoms with Crippen molar-refractivity contribution >= 4 is 11.3 Å². The monoisotopic (exact) mass is 223 g/mol. The molecule has 6 heteroatoms. The minimum atomic E-state index is -0.0243. The predicted molar refractivity (Wildman–Crippen MR) is 58.9 cm³/mol. The van der Waals surface area contributed by atoms with Gasteiger partial charge in [0.15, 0.2) is 0 Å². The molecule has 0 aliphatic rings. The van der Waals surface area contributed by atoms with E-state index in [9.17, 15) is 0 Å². The highest BCUT2D eigenvalue weighted by Crippen LogP contribution is 2.15. The molecule has 0 aliphatic heterocycles. The van der Waals surface area contributed by atoms with Gasteiger partial charge in [-0.1, -0.05) is 18.6 Å². The van der Waals surface area contributed by atoms with Crippen LogP contribution in [0.5, 0.6) is 0 Å². The van der Waals surface area contributed by atoms with E-state index in [1.807, 2.05) is 11.6 Å². The van der Waals surface area contributed by atoms with Gasteiger partial charge in [0.05, 0.1) is 17.9 Å². The molecular formula is C9H13N5S. The normalized spacial score (nSPS) is 12.9. The Kier molecular flexibility index (Phi) is 3.08. The summed E-state index contributed by atoms with van der Waals surface area (Å²) >= 11 is 1.52. The van der Waals surface area contributed by atoms with Crippen molar-refractivity contribution in [1.29, 1.82) is 0 Å². The molecule has 0 amide bonds. The number of nitrogens with two attached hydrogens (primary N) is 1. The Hall–Kier alpha value is -1.27. The Morgan fingerprint density at radius 1 is 1.60 bits per heavy atom. The quantitative estimate of drug-likeness (QED) is 0.853. The molecule has 0 radical (unpaired) electrons. The number of nitrogens with zero attached hydrogens (tertiary/aromatic N) is 4. The molecule has 2 heterocycles. The molecule has 5 nitrogen and oxygen atoms in total. The fourth-order valence-corrected chi connectivity index (χ4v) is 1.89. The first-order valence-electron chi connectivity index (χ1n) is 4.89. The second kappa shape index (κ2) is 4.50. The number of thiazole rings is 1. The zero-order chi connectivity index (χ0) is 10.7. The van der Waals surface area contributed by atoms with Crippen molar-refractivity contribution < 1.29 is 0 Å². The molecule has 2 aromatic rings. The number of aromatic nitrogens is 4. The van der Waals surface area contributed by atoms with Crippen molar-refractivity contribution in [2.45, 2.75) is 25.8 Å². The van der Waals surface area contributed by atoms with E-state index in [1.54, 1.807) is 10.9 Å². The summed E-state index contributed by atoms with van der Waals surface area (Å²) in [5.74, 6) is 0. The highest BCUT2D eigenvalue weighted by atomic mass is 32.1. The SMILES string of the molecule is CCCC(N)c1cn(-c2nccs2)nn1. The molecule has 0 spiro atoms. The molecule has 2 N–H and O–H groups in total. The van der Waals surface area contributed by atoms with Crippen LogP contribution in [0.25, 0.3) is 5.13 Å². The lowest BCUT2D eigenvalue weighted by Gasteiger charge is -2.03. The van der Waals surface area contributed by atoms with Crippen LogP contribution in [0.2, 0.25) is 0 Å². The lowest BCUT2D eigenvalue weighted by molar-refractivity contribution is 0.619. The van der Waals surface area contributed by atoms with Crippen molar-refractivity contribution in [3.8, 4) is 5.13 Å². The van der Waals surface area contributed by atoms with E-state index < -0.39 is 0 Å². The average molecular weight is 223 g/mol. The molecular weight excluding hydrogens is 210 g/mol. The first-order valence-corrected chi connectivity index (χ1v) is 5.77. The van der Waals surface area contributed by atoms with Gasteiger partial charge in [-0.3, -0.25) is 0 Å². The summed E-state index contributed by atoms with van der Waals surface area (Å²) in [6.07, 6.45) is 5.56. The molecule has 0 aromatic carbocycles. The number of hydrogen-bond donors (Lipinski definition) is 1. The maximum atomic E-state index is 5.94. The number of rotatable bonds is 4. The van der Waals surface area contributed by atoms with E-state index in [0.29, 0.717) is 0 Å². The third-order valence-electron chi connectivity index (χ3n) is 2.11. The molecule has 1 unspecified atom stereocenters. The molecule has 2 aromatic heterocycles. The molecule has 2 rings (SSSR count). The van der Waals surface area contributed by atoms with E-state index in [1.165, 1.54) is 11.3 Å². The van der Waals surface area contributed by atoms with Gasteiger partial charge in [-0.15, -0.1) is 16.4 Å². The Morgan fingerprint density at radius 2 is 2.47 bits per heavy atom. The molecule has 0 fully saturated rings. The van der Waals surface area contributed by atoms with E-state index >= 15 is 0 Å². The minimum Gasteiger partial charge on any atom is -0.323 e. The Bertz CT molecular complexity index is 408. The van der Waals surface area contributed by atoms with Crippen LogP contribution >= 0.6 is 11.3 Å². The van der Waals surface area contributed by atoms with E-state index in [2.05, 4.69) is 22.2 Å². The minimum absolute atomic E-state index is 0.0243. The molecule has 0 bridgehead atoms. The first-order chi connectivity index (χ1) is 7.31. The van der Waals surface area contributed by atoms with Gasteiger partial charge >= 0.3 is 0 Å². The third kappa shape index (κ3) is 2.21. The van der Waals surface area contributed by atoms with Crippen LogP contribution in [-0.4, -0.2) is 20.0 Å². The fourth-order valence-electron chi connectivity index (χ4n) is 1.33.